The molecule has 0 aromatic carbocycles. The number of carboxylic acid groups (broad SMARTS) is 1. The molecular formula is C8H14ClKO2. The van der Waals surface area contributed by atoms with Crippen molar-refractivity contribution in [1.82, 2.24) is 0 Å². The van der Waals surface area contributed by atoms with Crippen LogP contribution in [0.5, 0.6) is 0 Å². The number of carboxylic acids is 1. The Morgan fingerprint density at radius 1 is 1.50 bits per heavy atom. The fourth-order valence-corrected chi connectivity index (χ4v) is 1.30. The van der Waals surface area contributed by atoms with Crippen LogP contribution in [0.2, 0.25) is 0 Å². The van der Waals surface area contributed by atoms with E-state index in [1.165, 1.54) is 0 Å². The van der Waals surface area contributed by atoms with Gasteiger partial charge in [-0.25, -0.2) is 0 Å². The summed E-state index contributed by atoms with van der Waals surface area (Å²) in [6.07, 6.45) is 3.57. The molecule has 0 saturated carbocycles. The van der Waals surface area contributed by atoms with E-state index in [9.17, 15) is 9.90 Å². The largest absolute Gasteiger partial charge is 1.00 e. The molecule has 0 amide bonds. The maximum Gasteiger partial charge on any atom is 1.00 e. The van der Waals surface area contributed by atoms with Crippen LogP contribution in [0.3, 0.4) is 0 Å². The second kappa shape index (κ2) is 10.5. The Kier molecular flexibility index (Phi) is 13.8. The van der Waals surface area contributed by atoms with Crippen molar-refractivity contribution >= 4 is 17.6 Å². The van der Waals surface area contributed by atoms with Crippen molar-refractivity contribution in [3.8, 4) is 0 Å². The van der Waals surface area contributed by atoms with E-state index in [2.05, 4.69) is 6.92 Å². The molecule has 4 heteroatoms. The predicted octanol–water partition coefficient (Wildman–Crippen LogP) is -1.68. The minimum atomic E-state index is -0.981. The van der Waals surface area contributed by atoms with Crippen molar-refractivity contribution in [3.05, 3.63) is 0 Å². The molecule has 1 atom stereocenters. The summed E-state index contributed by atoms with van der Waals surface area (Å²) >= 11 is 5.85. The number of aliphatic carboxylic acids is 1. The molecule has 0 bridgehead atoms. The van der Waals surface area contributed by atoms with E-state index in [1.54, 1.807) is 0 Å². The predicted molar refractivity (Wildman–Crippen MR) is 43.4 cm³/mol. The van der Waals surface area contributed by atoms with Gasteiger partial charge in [0.15, 0.2) is 0 Å². The van der Waals surface area contributed by atoms with E-state index in [0.717, 1.165) is 19.3 Å². The van der Waals surface area contributed by atoms with Crippen LogP contribution in [-0.2, 0) is 4.79 Å². The summed E-state index contributed by atoms with van der Waals surface area (Å²) in [4.78, 5) is 9.98. The first kappa shape index (κ1) is 15.9. The maximum absolute atomic E-state index is 9.98. The third-order valence-corrected chi connectivity index (χ3v) is 1.94. The fraction of sp³-hybridized carbons (Fsp3) is 0.875. The molecule has 0 aromatic rings. The molecule has 0 heterocycles. The zero-order valence-corrected chi connectivity index (χ0v) is 11.7. The SMILES string of the molecule is CCCC(Cl)CCCC(=O)[O-].[K+]. The van der Waals surface area contributed by atoms with Crippen molar-refractivity contribution in [1.29, 1.82) is 0 Å². The molecule has 0 aromatic heterocycles. The smallest absolute Gasteiger partial charge is 0.550 e. The van der Waals surface area contributed by atoms with E-state index in [-0.39, 0.29) is 63.2 Å². The average molecular weight is 217 g/mol. The van der Waals surface area contributed by atoms with Gasteiger partial charge in [-0.3, -0.25) is 0 Å². The molecule has 0 radical (unpaired) electrons. The van der Waals surface area contributed by atoms with Crippen molar-refractivity contribution in [3.63, 3.8) is 0 Å². The zero-order valence-electron chi connectivity index (χ0n) is 7.81. The fourth-order valence-electron chi connectivity index (χ4n) is 0.925. The molecule has 0 rings (SSSR count). The summed E-state index contributed by atoms with van der Waals surface area (Å²) in [7, 11) is 0. The van der Waals surface area contributed by atoms with Gasteiger partial charge in [-0.2, -0.15) is 0 Å². The quantitative estimate of drug-likeness (QED) is 0.393. The molecular weight excluding hydrogens is 203 g/mol. The van der Waals surface area contributed by atoms with Crippen molar-refractivity contribution < 1.29 is 61.3 Å². The van der Waals surface area contributed by atoms with Crippen LogP contribution >= 0.6 is 11.6 Å². The molecule has 66 valence electrons. The van der Waals surface area contributed by atoms with Crippen LogP contribution in [0.1, 0.15) is 39.0 Å². The monoisotopic (exact) mass is 216 g/mol. The van der Waals surface area contributed by atoms with Gasteiger partial charge in [-0.05, 0) is 25.7 Å². The van der Waals surface area contributed by atoms with E-state index >= 15 is 0 Å². The Bertz CT molecular complexity index is 120. The summed E-state index contributed by atoms with van der Waals surface area (Å²) in [6, 6.07) is 0. The number of hydrogen-bond acceptors (Lipinski definition) is 2. The summed E-state index contributed by atoms with van der Waals surface area (Å²) in [5.41, 5.74) is 0. The van der Waals surface area contributed by atoms with Gasteiger partial charge in [0.2, 0.25) is 0 Å². The van der Waals surface area contributed by atoms with Gasteiger partial charge in [0.1, 0.15) is 0 Å². The van der Waals surface area contributed by atoms with Gasteiger partial charge in [0.05, 0.1) is 0 Å². The first-order valence-electron chi connectivity index (χ1n) is 4.00. The number of rotatable bonds is 6. The van der Waals surface area contributed by atoms with Crippen molar-refractivity contribution in [2.75, 3.05) is 0 Å². The number of alkyl halides is 1. The summed E-state index contributed by atoms with van der Waals surface area (Å²) < 4.78 is 0. The van der Waals surface area contributed by atoms with Gasteiger partial charge < -0.3 is 9.90 Å². The van der Waals surface area contributed by atoms with Gasteiger partial charge in [-0.15, -0.1) is 11.6 Å². The van der Waals surface area contributed by atoms with Crippen molar-refractivity contribution in [2.45, 2.75) is 44.4 Å². The van der Waals surface area contributed by atoms with E-state index < -0.39 is 5.97 Å². The Morgan fingerprint density at radius 2 is 2.08 bits per heavy atom. The summed E-state index contributed by atoms with van der Waals surface area (Å²) in [6.45, 7) is 2.06. The summed E-state index contributed by atoms with van der Waals surface area (Å²) in [5.74, 6) is -0.981. The molecule has 0 aliphatic rings. The second-order valence-corrected chi connectivity index (χ2v) is 3.27. The van der Waals surface area contributed by atoms with Gasteiger partial charge >= 0.3 is 51.4 Å². The Hall–Kier alpha value is 1.40. The Labute approximate surface area is 121 Å². The second-order valence-electron chi connectivity index (χ2n) is 2.65. The minimum absolute atomic E-state index is 0. The van der Waals surface area contributed by atoms with Gasteiger partial charge in [-0.1, -0.05) is 13.3 Å². The number of hydrogen-bond donors (Lipinski definition) is 0. The van der Waals surface area contributed by atoms with Crippen LogP contribution in [0.15, 0.2) is 0 Å². The average Bonchev–Trinajstić information content (AvgIpc) is 1.87. The first-order valence-corrected chi connectivity index (χ1v) is 4.44. The van der Waals surface area contributed by atoms with Gasteiger partial charge in [0, 0.05) is 11.3 Å². The number of carbonyl (C=O) groups excluding carboxylic acids is 1. The Balaban J connectivity index is 0. The first-order chi connectivity index (χ1) is 5.16. The number of halogens is 1. The van der Waals surface area contributed by atoms with Crippen LogP contribution in [0.4, 0.5) is 0 Å². The topological polar surface area (TPSA) is 40.1 Å². The van der Waals surface area contributed by atoms with E-state index in [1.807, 2.05) is 0 Å². The molecule has 0 N–H and O–H groups in total. The number of carbonyl (C=O) groups is 1. The molecule has 0 spiro atoms. The Morgan fingerprint density at radius 3 is 2.50 bits per heavy atom. The molecule has 0 aliphatic heterocycles. The third kappa shape index (κ3) is 11.4. The van der Waals surface area contributed by atoms with Gasteiger partial charge in [0.25, 0.3) is 0 Å². The maximum atomic E-state index is 9.98. The van der Waals surface area contributed by atoms with Crippen LogP contribution < -0.4 is 56.5 Å². The van der Waals surface area contributed by atoms with Crippen LogP contribution in [0, 0.1) is 0 Å². The standard InChI is InChI=1S/C8H15ClO2.K/c1-2-4-7(9)5-3-6-8(10)11;/h7H,2-6H2,1H3,(H,10,11);/q;+1/p-1. The molecule has 12 heavy (non-hydrogen) atoms. The molecule has 0 saturated heterocycles. The van der Waals surface area contributed by atoms with Crippen LogP contribution in [0.25, 0.3) is 0 Å². The van der Waals surface area contributed by atoms with Crippen molar-refractivity contribution in [2.24, 2.45) is 0 Å². The molecule has 0 aliphatic carbocycles. The third-order valence-electron chi connectivity index (χ3n) is 1.50. The van der Waals surface area contributed by atoms with E-state index in [4.69, 9.17) is 11.6 Å². The molecule has 2 nitrogen and oxygen atoms in total. The van der Waals surface area contributed by atoms with Crippen LogP contribution in [-0.4, -0.2) is 11.3 Å². The molecule has 1 unspecified atom stereocenters. The summed E-state index contributed by atoms with van der Waals surface area (Å²) in [5, 5.41) is 10.1. The van der Waals surface area contributed by atoms with E-state index in [0.29, 0.717) is 6.42 Å². The zero-order chi connectivity index (χ0) is 8.69. The normalized spacial score (nSPS) is 11.8. The molecule has 0 fully saturated rings. The minimum Gasteiger partial charge on any atom is -0.550 e.